The smallest absolute Gasteiger partial charge is 0.324 e. The second-order valence-corrected chi connectivity index (χ2v) is 9.54. The molecule has 1 unspecified atom stereocenters. The van der Waals surface area contributed by atoms with Gasteiger partial charge in [0.25, 0.3) is 11.6 Å². The van der Waals surface area contributed by atoms with Crippen LogP contribution < -0.4 is 4.73 Å². The van der Waals surface area contributed by atoms with E-state index in [2.05, 4.69) is 0 Å². The predicted octanol–water partition coefficient (Wildman–Crippen LogP) is 3.90. The molecule has 172 valence electrons. The molecule has 0 radical (unpaired) electrons. The average Bonchev–Trinajstić information content (AvgIpc) is 2.95. The predicted molar refractivity (Wildman–Crippen MR) is 117 cm³/mol. The molecular weight excluding hydrogens is 408 g/mol. The van der Waals surface area contributed by atoms with E-state index in [1.165, 1.54) is 0 Å². The topological polar surface area (TPSA) is 84.5 Å². The van der Waals surface area contributed by atoms with Crippen molar-refractivity contribution in [2.45, 2.75) is 78.0 Å². The van der Waals surface area contributed by atoms with Crippen LogP contribution in [0.2, 0.25) is 0 Å². The Hall–Kier alpha value is -2.83. The van der Waals surface area contributed by atoms with E-state index >= 15 is 0 Å². The van der Waals surface area contributed by atoms with Crippen LogP contribution in [0.5, 0.6) is 0 Å². The van der Waals surface area contributed by atoms with Gasteiger partial charge in [0.1, 0.15) is 17.9 Å². The molecule has 0 amide bonds. The number of carbonyl (C=O) groups excluding carboxylic acids is 2. The van der Waals surface area contributed by atoms with Gasteiger partial charge in [-0.25, -0.2) is 9.30 Å². The number of benzene rings is 1. The summed E-state index contributed by atoms with van der Waals surface area (Å²) >= 11 is 0. The Kier molecular flexibility index (Phi) is 6.01. The van der Waals surface area contributed by atoms with E-state index in [4.69, 9.17) is 9.47 Å². The van der Waals surface area contributed by atoms with Gasteiger partial charge in [-0.15, -0.1) is 0 Å². The number of carbonyl (C=O) groups is 2. The first-order valence-electron chi connectivity index (χ1n) is 11.5. The van der Waals surface area contributed by atoms with Gasteiger partial charge in [-0.3, -0.25) is 9.59 Å². The molecule has 2 heterocycles. The molecule has 2 aromatic rings. The van der Waals surface area contributed by atoms with Crippen LogP contribution in [0.15, 0.2) is 30.3 Å². The second kappa shape index (κ2) is 8.60. The summed E-state index contributed by atoms with van der Waals surface area (Å²) in [5.41, 5.74) is 2.46. The monoisotopic (exact) mass is 440 g/mol. The van der Waals surface area contributed by atoms with Gasteiger partial charge in [-0.05, 0) is 24.3 Å². The summed E-state index contributed by atoms with van der Waals surface area (Å²) in [7, 11) is 0. The van der Waals surface area contributed by atoms with Crippen LogP contribution in [0.3, 0.4) is 0 Å². The maximum atomic E-state index is 13.5. The number of hydrogen-bond acceptors (Lipinski definition) is 5. The highest BCUT2D eigenvalue weighted by Crippen LogP contribution is 2.43. The molecule has 0 bridgehead atoms. The molecule has 1 aliphatic heterocycles. The zero-order chi connectivity index (χ0) is 23.0. The standard InChI is InChI=1S/C25H32N2O5/c1-16-17(2)27(30)22(26(16)15-18-11-7-5-8-12-18)20(19-13-9-6-10-14-19)21-23(28)31-25(3,4)32-24(21)29/h5,7-8,11-12,19-21H,6,9-10,13-15H2,1-4H3. The molecular formula is C25H32N2O5. The van der Waals surface area contributed by atoms with Crippen LogP contribution in [-0.2, 0) is 25.6 Å². The normalized spacial score (nSPS) is 20.6. The van der Waals surface area contributed by atoms with Crippen LogP contribution in [-0.4, -0.2) is 22.3 Å². The fourth-order valence-corrected chi connectivity index (χ4v) is 5.22. The van der Waals surface area contributed by atoms with Crippen LogP contribution >= 0.6 is 0 Å². The Bertz CT molecular complexity index is 985. The fraction of sp³-hybridized carbons (Fsp3) is 0.560. The molecule has 7 nitrogen and oxygen atoms in total. The number of imidazole rings is 1. The van der Waals surface area contributed by atoms with Crippen molar-refractivity contribution >= 4 is 11.9 Å². The quantitative estimate of drug-likeness (QED) is 0.305. The fourth-order valence-electron chi connectivity index (χ4n) is 5.22. The minimum Gasteiger partial charge on any atom is -0.711 e. The van der Waals surface area contributed by atoms with Gasteiger partial charge in [-0.1, -0.05) is 49.6 Å². The maximum Gasteiger partial charge on any atom is 0.324 e. The second-order valence-electron chi connectivity index (χ2n) is 9.54. The van der Waals surface area contributed by atoms with Crippen molar-refractivity contribution in [1.29, 1.82) is 0 Å². The first kappa shape index (κ1) is 22.4. The van der Waals surface area contributed by atoms with Gasteiger partial charge in [0.2, 0.25) is 0 Å². The Labute approximate surface area is 188 Å². The number of nitrogens with zero attached hydrogens (tertiary/aromatic N) is 2. The van der Waals surface area contributed by atoms with Gasteiger partial charge in [0.05, 0.1) is 5.92 Å². The minimum atomic E-state index is -1.30. The molecule has 2 aliphatic rings. The molecule has 1 saturated heterocycles. The summed E-state index contributed by atoms with van der Waals surface area (Å²) in [4.78, 5) is 26.2. The first-order valence-corrected chi connectivity index (χ1v) is 11.5. The van der Waals surface area contributed by atoms with Gasteiger partial charge in [0, 0.05) is 27.7 Å². The average molecular weight is 441 g/mol. The molecule has 1 saturated carbocycles. The van der Waals surface area contributed by atoms with Crippen molar-refractivity contribution in [2.24, 2.45) is 11.8 Å². The van der Waals surface area contributed by atoms with Gasteiger partial charge >= 0.3 is 11.9 Å². The zero-order valence-electron chi connectivity index (χ0n) is 19.3. The lowest BCUT2D eigenvalue weighted by Gasteiger charge is -2.38. The van der Waals surface area contributed by atoms with E-state index in [1.54, 1.807) is 20.8 Å². The van der Waals surface area contributed by atoms with E-state index < -0.39 is 29.6 Å². The summed E-state index contributed by atoms with van der Waals surface area (Å²) in [5.74, 6) is -3.77. The van der Waals surface area contributed by atoms with Crippen molar-refractivity contribution in [2.75, 3.05) is 0 Å². The first-order chi connectivity index (χ1) is 15.2. The summed E-state index contributed by atoms with van der Waals surface area (Å²) in [6.07, 6.45) is 4.87. The van der Waals surface area contributed by atoms with E-state index in [-0.39, 0.29) is 5.92 Å². The molecule has 1 aromatic heterocycles. The van der Waals surface area contributed by atoms with Crippen LogP contribution in [0, 0.1) is 30.9 Å². The zero-order valence-corrected chi connectivity index (χ0v) is 19.3. The molecule has 2 fully saturated rings. The van der Waals surface area contributed by atoms with Gasteiger partial charge in [0.15, 0.2) is 5.92 Å². The van der Waals surface area contributed by atoms with E-state index in [0.717, 1.165) is 48.1 Å². The summed E-state index contributed by atoms with van der Waals surface area (Å²) in [6.45, 7) is 7.29. The highest BCUT2D eigenvalue weighted by molar-refractivity contribution is 5.97. The third-order valence-electron chi connectivity index (χ3n) is 6.92. The minimum absolute atomic E-state index is 0.0264. The molecule has 32 heavy (non-hydrogen) atoms. The lowest BCUT2D eigenvalue weighted by Crippen LogP contribution is -2.51. The van der Waals surface area contributed by atoms with Crippen molar-refractivity contribution in [3.63, 3.8) is 0 Å². The van der Waals surface area contributed by atoms with Crippen LogP contribution in [0.25, 0.3) is 0 Å². The number of cyclic esters (lactones) is 2. The van der Waals surface area contributed by atoms with Crippen molar-refractivity contribution < 1.29 is 23.8 Å². The Morgan fingerprint density at radius 2 is 1.66 bits per heavy atom. The highest BCUT2D eigenvalue weighted by Gasteiger charge is 2.53. The number of aromatic nitrogens is 2. The molecule has 1 aliphatic carbocycles. The molecule has 7 heteroatoms. The summed E-state index contributed by atoms with van der Waals surface area (Å²) in [6, 6.07) is 9.89. The largest absolute Gasteiger partial charge is 0.711 e. The van der Waals surface area contributed by atoms with Crippen molar-refractivity contribution in [3.8, 4) is 0 Å². The number of rotatable bonds is 5. The SMILES string of the molecule is Cc1c(C)[n+]([O-])c(C(C2CCCCC2)C2C(=O)OC(C)(C)OC2=O)n1Cc1ccccc1. The van der Waals surface area contributed by atoms with E-state index in [1.807, 2.05) is 41.8 Å². The van der Waals surface area contributed by atoms with Crippen LogP contribution in [0.4, 0.5) is 0 Å². The molecule has 1 aromatic carbocycles. The third kappa shape index (κ3) is 4.12. The van der Waals surface area contributed by atoms with Gasteiger partial charge < -0.3 is 14.7 Å². The molecule has 0 N–H and O–H groups in total. The Morgan fingerprint density at radius 3 is 2.25 bits per heavy atom. The van der Waals surface area contributed by atoms with Gasteiger partial charge in [-0.2, -0.15) is 0 Å². The molecule has 4 rings (SSSR count). The molecule has 0 spiro atoms. The number of esters is 2. The molecule has 1 atom stereocenters. The van der Waals surface area contributed by atoms with E-state index in [0.29, 0.717) is 18.1 Å². The van der Waals surface area contributed by atoms with Crippen molar-refractivity contribution in [3.05, 3.63) is 58.3 Å². The lowest BCUT2D eigenvalue weighted by molar-refractivity contribution is -0.623. The summed E-state index contributed by atoms with van der Waals surface area (Å²) < 4.78 is 13.8. The lowest BCUT2D eigenvalue weighted by atomic mass is 9.73. The Balaban J connectivity index is 1.84. The summed E-state index contributed by atoms with van der Waals surface area (Å²) in [5, 5.41) is 13.5. The van der Waals surface area contributed by atoms with Crippen molar-refractivity contribution in [1.82, 2.24) is 4.57 Å². The van der Waals surface area contributed by atoms with Crippen LogP contribution in [0.1, 0.15) is 74.6 Å². The number of hydrogen-bond donors (Lipinski definition) is 0. The highest BCUT2D eigenvalue weighted by atomic mass is 16.7. The van der Waals surface area contributed by atoms with E-state index in [9.17, 15) is 14.8 Å². The maximum absolute atomic E-state index is 13.5. The number of ether oxygens (including phenoxy) is 2. The Morgan fingerprint density at radius 1 is 1.06 bits per heavy atom. The third-order valence-corrected chi connectivity index (χ3v) is 6.92.